The van der Waals surface area contributed by atoms with Crippen LogP contribution < -0.4 is 10.3 Å². The van der Waals surface area contributed by atoms with Crippen molar-refractivity contribution in [3.63, 3.8) is 0 Å². The zero-order chi connectivity index (χ0) is 24.2. The molecule has 0 unspecified atom stereocenters. The van der Waals surface area contributed by atoms with Crippen LogP contribution in [0.25, 0.3) is 11.0 Å². The van der Waals surface area contributed by atoms with E-state index in [1.807, 2.05) is 45.0 Å². The molecule has 0 radical (unpaired) electrons. The Labute approximate surface area is 198 Å². The Bertz CT molecular complexity index is 1180. The number of carbonyl (C=O) groups excluding carboxylic acids is 1. The Morgan fingerprint density at radius 2 is 1.88 bits per heavy atom. The maximum absolute atomic E-state index is 13.1. The summed E-state index contributed by atoms with van der Waals surface area (Å²) in [5.74, 6) is 1.10. The van der Waals surface area contributed by atoms with Crippen LogP contribution in [0.2, 0.25) is 0 Å². The van der Waals surface area contributed by atoms with Crippen molar-refractivity contribution in [2.45, 2.75) is 63.6 Å². The summed E-state index contributed by atoms with van der Waals surface area (Å²) in [6.07, 6.45) is 1.74. The molecule has 0 saturated heterocycles. The van der Waals surface area contributed by atoms with Gasteiger partial charge in [0.25, 0.3) is 5.56 Å². The van der Waals surface area contributed by atoms with Crippen molar-refractivity contribution in [3.8, 4) is 5.75 Å². The lowest BCUT2D eigenvalue weighted by Gasteiger charge is -2.21. The molecule has 0 amide bonds. The highest BCUT2D eigenvalue weighted by molar-refractivity contribution is 8.01. The van der Waals surface area contributed by atoms with Gasteiger partial charge in [-0.3, -0.25) is 18.8 Å². The predicted molar refractivity (Wildman–Crippen MR) is 130 cm³/mol. The molecule has 0 saturated carbocycles. The van der Waals surface area contributed by atoms with Crippen LogP contribution in [0, 0.1) is 6.92 Å². The number of thioether (sulfide) groups is 1. The summed E-state index contributed by atoms with van der Waals surface area (Å²) in [5.41, 5.74) is 1.97. The van der Waals surface area contributed by atoms with E-state index in [2.05, 4.69) is 17.0 Å². The van der Waals surface area contributed by atoms with Gasteiger partial charge in [0.15, 0.2) is 5.52 Å². The van der Waals surface area contributed by atoms with Crippen molar-refractivity contribution >= 4 is 28.8 Å². The van der Waals surface area contributed by atoms with E-state index in [1.54, 1.807) is 23.2 Å². The summed E-state index contributed by atoms with van der Waals surface area (Å²) in [6, 6.07) is 7.55. The number of esters is 1. The van der Waals surface area contributed by atoms with Gasteiger partial charge in [-0.2, -0.15) is 5.10 Å². The number of hydrogen-bond donors (Lipinski definition) is 0. The van der Waals surface area contributed by atoms with Gasteiger partial charge in [-0.05, 0) is 58.4 Å². The third-order valence-corrected chi connectivity index (χ3v) is 6.42. The van der Waals surface area contributed by atoms with E-state index in [9.17, 15) is 9.59 Å². The predicted octanol–water partition coefficient (Wildman–Crippen LogP) is 3.90. The number of fused-ring (bicyclic) bond motifs is 1. The van der Waals surface area contributed by atoms with E-state index < -0.39 is 4.75 Å². The van der Waals surface area contributed by atoms with E-state index >= 15 is 0 Å². The van der Waals surface area contributed by atoms with E-state index in [0.29, 0.717) is 42.4 Å². The first-order valence-corrected chi connectivity index (χ1v) is 12.0. The summed E-state index contributed by atoms with van der Waals surface area (Å²) < 4.78 is 13.6. The van der Waals surface area contributed by atoms with Crippen LogP contribution in [0.3, 0.4) is 0 Å². The van der Waals surface area contributed by atoms with Crippen LogP contribution in [0.4, 0.5) is 0 Å². The summed E-state index contributed by atoms with van der Waals surface area (Å²) in [7, 11) is 1.78. The first kappa shape index (κ1) is 24.8. The van der Waals surface area contributed by atoms with Crippen molar-refractivity contribution < 1.29 is 14.3 Å². The Morgan fingerprint density at radius 3 is 2.52 bits per heavy atom. The SMILES string of the molecule is CCCc1nn(C)c2c(=O)n(CCOc3ccc(SC(C)(C)C(=O)OCC)cc3)c(C)nc12. The van der Waals surface area contributed by atoms with Crippen molar-refractivity contribution in [1.29, 1.82) is 0 Å². The lowest BCUT2D eigenvalue weighted by atomic mass is 10.2. The zero-order valence-electron chi connectivity index (χ0n) is 20.2. The summed E-state index contributed by atoms with van der Waals surface area (Å²) >= 11 is 1.44. The van der Waals surface area contributed by atoms with Crippen LogP contribution in [-0.2, 0) is 29.5 Å². The van der Waals surface area contributed by atoms with Gasteiger partial charge in [-0.25, -0.2) is 4.98 Å². The maximum Gasteiger partial charge on any atom is 0.321 e. The largest absolute Gasteiger partial charge is 0.492 e. The molecule has 2 heterocycles. The molecule has 178 valence electrons. The molecule has 0 atom stereocenters. The van der Waals surface area contributed by atoms with E-state index in [1.165, 1.54) is 11.8 Å². The second-order valence-electron chi connectivity index (χ2n) is 8.29. The molecule has 0 bridgehead atoms. The van der Waals surface area contributed by atoms with Crippen molar-refractivity contribution in [1.82, 2.24) is 19.3 Å². The third kappa shape index (κ3) is 5.58. The molecule has 33 heavy (non-hydrogen) atoms. The molecule has 1 aromatic carbocycles. The number of rotatable bonds is 10. The molecule has 0 spiro atoms. The van der Waals surface area contributed by atoms with Crippen molar-refractivity contribution in [3.05, 3.63) is 46.1 Å². The molecule has 9 heteroatoms. The summed E-state index contributed by atoms with van der Waals surface area (Å²) in [6.45, 7) is 10.5. The van der Waals surface area contributed by atoms with Crippen LogP contribution in [0.15, 0.2) is 34.0 Å². The van der Waals surface area contributed by atoms with Crippen LogP contribution in [-0.4, -0.2) is 43.3 Å². The molecular formula is C24H32N4O4S. The lowest BCUT2D eigenvalue weighted by molar-refractivity contribution is -0.145. The number of ether oxygens (including phenoxy) is 2. The molecule has 2 aromatic heterocycles. The van der Waals surface area contributed by atoms with Crippen molar-refractivity contribution in [2.24, 2.45) is 7.05 Å². The highest BCUT2D eigenvalue weighted by Crippen LogP contribution is 2.34. The molecule has 0 aliphatic rings. The standard InChI is InChI=1S/C24H32N4O4S/c1-7-9-19-20-21(27(6)26-19)22(29)28(16(3)25-20)14-15-32-17-10-12-18(13-11-17)33-24(4,5)23(30)31-8-2/h10-13H,7-9,14-15H2,1-6H3. The summed E-state index contributed by atoms with van der Waals surface area (Å²) in [5, 5.41) is 4.48. The number of nitrogens with zero attached hydrogens (tertiary/aromatic N) is 4. The minimum Gasteiger partial charge on any atom is -0.492 e. The van der Waals surface area contributed by atoms with E-state index in [0.717, 1.165) is 23.4 Å². The molecule has 0 N–H and O–H groups in total. The minimum atomic E-state index is -0.675. The van der Waals surface area contributed by atoms with Crippen LogP contribution in [0.5, 0.6) is 5.75 Å². The smallest absolute Gasteiger partial charge is 0.321 e. The molecule has 0 aliphatic heterocycles. The summed E-state index contributed by atoms with van der Waals surface area (Å²) in [4.78, 5) is 30.8. The third-order valence-electron chi connectivity index (χ3n) is 5.24. The van der Waals surface area contributed by atoms with Gasteiger partial charge in [0.05, 0.1) is 18.8 Å². The van der Waals surface area contributed by atoms with Gasteiger partial charge in [-0.15, -0.1) is 11.8 Å². The fourth-order valence-corrected chi connectivity index (χ4v) is 4.59. The normalized spacial score (nSPS) is 11.7. The van der Waals surface area contributed by atoms with Gasteiger partial charge in [0.1, 0.15) is 28.4 Å². The number of hydrogen-bond acceptors (Lipinski definition) is 7. The maximum atomic E-state index is 13.1. The second kappa shape index (κ2) is 10.4. The monoisotopic (exact) mass is 472 g/mol. The average Bonchev–Trinajstić information content (AvgIpc) is 3.06. The molecule has 0 aliphatic carbocycles. The molecular weight excluding hydrogens is 440 g/mol. The van der Waals surface area contributed by atoms with Gasteiger partial charge in [-0.1, -0.05) is 13.3 Å². The minimum absolute atomic E-state index is 0.105. The van der Waals surface area contributed by atoms with Gasteiger partial charge < -0.3 is 9.47 Å². The Morgan fingerprint density at radius 1 is 1.18 bits per heavy atom. The highest BCUT2D eigenvalue weighted by Gasteiger charge is 2.30. The molecule has 3 aromatic rings. The topological polar surface area (TPSA) is 88.2 Å². The average molecular weight is 473 g/mol. The number of carbonyl (C=O) groups is 1. The second-order valence-corrected chi connectivity index (χ2v) is 9.98. The lowest BCUT2D eigenvalue weighted by Crippen LogP contribution is -2.29. The molecule has 8 nitrogen and oxygen atoms in total. The van der Waals surface area contributed by atoms with Crippen LogP contribution >= 0.6 is 11.8 Å². The first-order chi connectivity index (χ1) is 15.7. The Balaban J connectivity index is 1.66. The van der Waals surface area contributed by atoms with E-state index in [-0.39, 0.29) is 11.5 Å². The van der Waals surface area contributed by atoms with Crippen molar-refractivity contribution in [2.75, 3.05) is 13.2 Å². The number of aromatic nitrogens is 4. The Hall–Kier alpha value is -2.81. The molecule has 3 rings (SSSR count). The van der Waals surface area contributed by atoms with Gasteiger partial charge in [0, 0.05) is 11.9 Å². The van der Waals surface area contributed by atoms with Crippen LogP contribution in [0.1, 0.15) is 45.6 Å². The fourth-order valence-electron chi connectivity index (χ4n) is 3.59. The fraction of sp³-hybridized carbons (Fsp3) is 0.500. The first-order valence-electron chi connectivity index (χ1n) is 11.2. The molecule has 0 fully saturated rings. The zero-order valence-corrected chi connectivity index (χ0v) is 21.0. The number of benzene rings is 1. The van der Waals surface area contributed by atoms with Gasteiger partial charge >= 0.3 is 5.97 Å². The Kier molecular flexibility index (Phi) is 7.84. The van der Waals surface area contributed by atoms with E-state index in [4.69, 9.17) is 9.47 Å². The highest BCUT2D eigenvalue weighted by atomic mass is 32.2. The van der Waals surface area contributed by atoms with Gasteiger partial charge in [0.2, 0.25) is 0 Å². The number of aryl methyl sites for hydroxylation is 3. The quantitative estimate of drug-likeness (QED) is 0.327.